The molecule has 4 atom stereocenters. The third-order valence-electron chi connectivity index (χ3n) is 4.33. The smallest absolute Gasteiger partial charge is 0.326 e. The Kier molecular flexibility index (Phi) is 13.2. The van der Waals surface area contributed by atoms with Crippen molar-refractivity contribution in [2.45, 2.75) is 51.2 Å². The number of hydrogen-bond donors (Lipinski definition) is 8. The molecule has 0 heterocycles. The Morgan fingerprint density at radius 3 is 2.27 bits per heavy atom. The molecule has 0 aliphatic rings. The highest BCUT2D eigenvalue weighted by molar-refractivity contribution is 7.80. The fourth-order valence-corrected chi connectivity index (χ4v) is 2.50. The highest BCUT2D eigenvalue weighted by Gasteiger charge is 2.29. The maximum Gasteiger partial charge on any atom is 0.326 e. The number of guanidine groups is 1. The first-order valence-corrected chi connectivity index (χ1v) is 10.2. The standard InChI is InChI=1S/C17H33N7O5S/c1-3-9(2)13(24-12(25)7-22-14(26)10(18)8-30)15(27)23-11(16(28)29)5-4-6-21-17(19)20/h9-11,13,30H,3-8,18H2,1-2H3,(H,22,26)(H,23,27)(H,24,25)(H,28,29)(H4,19,20,21). The van der Waals surface area contributed by atoms with Crippen LogP contribution in [0.15, 0.2) is 4.99 Å². The molecule has 10 N–H and O–H groups in total. The Balaban J connectivity index is 4.95. The summed E-state index contributed by atoms with van der Waals surface area (Å²) >= 11 is 3.90. The van der Waals surface area contributed by atoms with Crippen LogP contribution in [0, 0.1) is 5.92 Å². The lowest BCUT2D eigenvalue weighted by Crippen LogP contribution is -2.56. The number of hydrogen-bond acceptors (Lipinski definition) is 7. The molecule has 12 nitrogen and oxygen atoms in total. The first-order valence-electron chi connectivity index (χ1n) is 9.55. The van der Waals surface area contributed by atoms with Crippen molar-refractivity contribution >= 4 is 42.3 Å². The molecule has 172 valence electrons. The number of nitrogens with one attached hydrogen (secondary N) is 3. The van der Waals surface area contributed by atoms with Crippen molar-refractivity contribution in [1.29, 1.82) is 0 Å². The molecule has 0 bridgehead atoms. The second-order valence-corrected chi connectivity index (χ2v) is 7.15. The van der Waals surface area contributed by atoms with E-state index in [9.17, 15) is 24.3 Å². The summed E-state index contributed by atoms with van der Waals surface area (Å²) in [5, 5.41) is 16.7. The minimum Gasteiger partial charge on any atom is -0.480 e. The second kappa shape index (κ2) is 14.4. The van der Waals surface area contributed by atoms with Crippen LogP contribution >= 0.6 is 12.6 Å². The number of rotatable bonds is 14. The third kappa shape index (κ3) is 10.9. The summed E-state index contributed by atoms with van der Waals surface area (Å²) in [6.07, 6.45) is 1.00. The van der Waals surface area contributed by atoms with Crippen molar-refractivity contribution in [2.24, 2.45) is 28.1 Å². The molecule has 4 unspecified atom stereocenters. The molecule has 0 spiro atoms. The molecule has 0 aromatic heterocycles. The van der Waals surface area contributed by atoms with Gasteiger partial charge >= 0.3 is 5.97 Å². The molecule has 0 rings (SSSR count). The van der Waals surface area contributed by atoms with Crippen LogP contribution in [0.5, 0.6) is 0 Å². The summed E-state index contributed by atoms with van der Waals surface area (Å²) in [5.74, 6) is -3.26. The van der Waals surface area contributed by atoms with Gasteiger partial charge in [-0.2, -0.15) is 12.6 Å². The van der Waals surface area contributed by atoms with Crippen LogP contribution in [0.3, 0.4) is 0 Å². The first-order chi connectivity index (χ1) is 14.0. The highest BCUT2D eigenvalue weighted by atomic mass is 32.1. The first kappa shape index (κ1) is 27.5. The van der Waals surface area contributed by atoms with E-state index >= 15 is 0 Å². The van der Waals surface area contributed by atoms with E-state index in [0.717, 1.165) is 0 Å². The summed E-state index contributed by atoms with van der Waals surface area (Å²) in [7, 11) is 0. The largest absolute Gasteiger partial charge is 0.480 e. The van der Waals surface area contributed by atoms with Gasteiger partial charge in [0.05, 0.1) is 12.6 Å². The number of nitrogens with zero attached hydrogens (tertiary/aromatic N) is 1. The van der Waals surface area contributed by atoms with Crippen molar-refractivity contribution < 1.29 is 24.3 Å². The van der Waals surface area contributed by atoms with Gasteiger partial charge in [0, 0.05) is 12.3 Å². The van der Waals surface area contributed by atoms with Crippen LogP contribution < -0.4 is 33.2 Å². The summed E-state index contributed by atoms with van der Waals surface area (Å²) < 4.78 is 0. The van der Waals surface area contributed by atoms with Gasteiger partial charge in [0.25, 0.3) is 0 Å². The van der Waals surface area contributed by atoms with E-state index in [1.54, 1.807) is 6.92 Å². The zero-order valence-electron chi connectivity index (χ0n) is 17.3. The molecule has 0 aromatic rings. The molecule has 0 fully saturated rings. The number of carbonyl (C=O) groups is 4. The topological polar surface area (TPSA) is 215 Å². The maximum absolute atomic E-state index is 12.7. The van der Waals surface area contributed by atoms with Crippen molar-refractivity contribution in [2.75, 3.05) is 18.8 Å². The van der Waals surface area contributed by atoms with Crippen LogP contribution in [-0.2, 0) is 19.2 Å². The van der Waals surface area contributed by atoms with Gasteiger partial charge in [-0.15, -0.1) is 0 Å². The van der Waals surface area contributed by atoms with Crippen molar-refractivity contribution in [3.05, 3.63) is 0 Å². The Morgan fingerprint density at radius 1 is 1.13 bits per heavy atom. The summed E-state index contributed by atoms with van der Waals surface area (Å²) in [6, 6.07) is -2.99. The summed E-state index contributed by atoms with van der Waals surface area (Å²) in [5.41, 5.74) is 15.9. The lowest BCUT2D eigenvalue weighted by Gasteiger charge is -2.25. The zero-order chi connectivity index (χ0) is 23.3. The predicted octanol–water partition coefficient (Wildman–Crippen LogP) is -2.49. The minimum atomic E-state index is -1.21. The van der Waals surface area contributed by atoms with Crippen molar-refractivity contribution in [1.82, 2.24) is 16.0 Å². The van der Waals surface area contributed by atoms with Gasteiger partial charge < -0.3 is 38.3 Å². The third-order valence-corrected chi connectivity index (χ3v) is 4.72. The van der Waals surface area contributed by atoms with E-state index in [-0.39, 0.29) is 37.1 Å². The van der Waals surface area contributed by atoms with Gasteiger partial charge in [0.15, 0.2) is 5.96 Å². The van der Waals surface area contributed by atoms with Gasteiger partial charge in [-0.3, -0.25) is 19.4 Å². The molecular formula is C17H33N7O5S. The number of carboxylic acids is 1. The summed E-state index contributed by atoms with van der Waals surface area (Å²) in [6.45, 7) is 3.42. The van der Waals surface area contributed by atoms with Crippen molar-refractivity contribution in [3.8, 4) is 0 Å². The Morgan fingerprint density at radius 2 is 1.77 bits per heavy atom. The van der Waals surface area contributed by atoms with Crippen LogP contribution in [-0.4, -0.2) is 71.7 Å². The van der Waals surface area contributed by atoms with E-state index in [2.05, 4.69) is 33.6 Å². The van der Waals surface area contributed by atoms with E-state index in [1.165, 1.54) is 0 Å². The monoisotopic (exact) mass is 447 g/mol. The number of thiol groups is 1. The van der Waals surface area contributed by atoms with Gasteiger partial charge in [-0.1, -0.05) is 20.3 Å². The van der Waals surface area contributed by atoms with Crippen LogP contribution in [0.1, 0.15) is 33.1 Å². The zero-order valence-corrected chi connectivity index (χ0v) is 18.2. The average Bonchev–Trinajstić information content (AvgIpc) is 2.70. The van der Waals surface area contributed by atoms with E-state index in [0.29, 0.717) is 12.8 Å². The van der Waals surface area contributed by atoms with Crippen molar-refractivity contribution in [3.63, 3.8) is 0 Å². The lowest BCUT2D eigenvalue weighted by atomic mass is 9.97. The summed E-state index contributed by atoms with van der Waals surface area (Å²) in [4.78, 5) is 51.7. The molecular weight excluding hydrogens is 414 g/mol. The number of nitrogens with two attached hydrogens (primary N) is 3. The minimum absolute atomic E-state index is 0.104. The molecule has 0 saturated heterocycles. The predicted molar refractivity (Wildman–Crippen MR) is 116 cm³/mol. The number of aliphatic carboxylic acids is 1. The number of aliphatic imine (C=N–C) groups is 1. The normalized spacial score (nSPS) is 14.5. The Bertz CT molecular complexity index is 628. The molecule has 3 amide bonds. The van der Waals surface area contributed by atoms with Crippen LogP contribution in [0.4, 0.5) is 0 Å². The second-order valence-electron chi connectivity index (χ2n) is 6.79. The molecule has 0 aliphatic carbocycles. The number of carboxylic acid groups (broad SMARTS) is 1. The SMILES string of the molecule is CCC(C)C(NC(=O)CNC(=O)C(N)CS)C(=O)NC(CCCN=C(N)N)C(=O)O. The molecule has 0 saturated carbocycles. The molecule has 0 radical (unpaired) electrons. The van der Waals surface area contributed by atoms with Gasteiger partial charge in [0.1, 0.15) is 12.1 Å². The Hall–Kier alpha value is -2.54. The van der Waals surface area contributed by atoms with Crippen LogP contribution in [0.2, 0.25) is 0 Å². The Labute approximate surface area is 181 Å². The van der Waals surface area contributed by atoms with E-state index in [1.807, 2.05) is 6.92 Å². The molecule has 13 heteroatoms. The fourth-order valence-electron chi connectivity index (χ4n) is 2.33. The molecule has 30 heavy (non-hydrogen) atoms. The lowest BCUT2D eigenvalue weighted by molar-refractivity contribution is -0.142. The number of amides is 3. The van der Waals surface area contributed by atoms with Crippen LogP contribution in [0.25, 0.3) is 0 Å². The van der Waals surface area contributed by atoms with Gasteiger partial charge in [-0.25, -0.2) is 4.79 Å². The van der Waals surface area contributed by atoms with Gasteiger partial charge in [0.2, 0.25) is 17.7 Å². The molecule has 0 aliphatic heterocycles. The van der Waals surface area contributed by atoms with E-state index in [4.69, 9.17) is 17.2 Å². The quantitative estimate of drug-likeness (QED) is 0.0615. The average molecular weight is 448 g/mol. The molecule has 0 aromatic carbocycles. The van der Waals surface area contributed by atoms with Gasteiger partial charge in [-0.05, 0) is 18.8 Å². The highest BCUT2D eigenvalue weighted by Crippen LogP contribution is 2.09. The maximum atomic E-state index is 12.7. The number of carbonyl (C=O) groups excluding carboxylic acids is 3. The van der Waals surface area contributed by atoms with E-state index < -0.39 is 41.8 Å². The fraction of sp³-hybridized carbons (Fsp3) is 0.706.